The van der Waals surface area contributed by atoms with E-state index in [1.54, 1.807) is 6.92 Å². The van der Waals surface area contributed by atoms with Crippen molar-refractivity contribution >= 4 is 45.1 Å². The van der Waals surface area contributed by atoms with Crippen molar-refractivity contribution in [2.24, 2.45) is 0 Å². The minimum Gasteiger partial charge on any atom is -0.480 e. The van der Waals surface area contributed by atoms with Crippen LogP contribution in [-0.2, 0) is 22.6 Å². The number of fused-ring (bicyclic) bond motifs is 4. The first-order chi connectivity index (χ1) is 11.8. The highest BCUT2D eigenvalue weighted by molar-refractivity contribution is 8.00. The molecule has 1 aliphatic rings. The zero-order chi connectivity index (χ0) is 17.9. The molecule has 0 saturated heterocycles. The summed E-state index contributed by atoms with van der Waals surface area (Å²) in [5.74, 6) is -0.647. The molecular formula is C15H16N4O4S2. The van der Waals surface area contributed by atoms with Crippen LogP contribution in [0.4, 0.5) is 0 Å². The van der Waals surface area contributed by atoms with Crippen molar-refractivity contribution in [2.45, 2.75) is 49.8 Å². The molecule has 132 valence electrons. The van der Waals surface area contributed by atoms with Gasteiger partial charge in [0.1, 0.15) is 10.1 Å². The molecule has 25 heavy (non-hydrogen) atoms. The van der Waals surface area contributed by atoms with Gasteiger partial charge in [0.05, 0.1) is 17.6 Å². The maximum Gasteiger partial charge on any atom is 0.316 e. The zero-order valence-corrected chi connectivity index (χ0v) is 15.5. The van der Waals surface area contributed by atoms with Crippen molar-refractivity contribution in [2.75, 3.05) is 0 Å². The van der Waals surface area contributed by atoms with Gasteiger partial charge in [-0.05, 0) is 26.3 Å². The van der Waals surface area contributed by atoms with Crippen LogP contribution in [-0.4, -0.2) is 41.5 Å². The summed E-state index contributed by atoms with van der Waals surface area (Å²) in [7, 11) is 0. The first-order valence-electron chi connectivity index (χ1n) is 7.71. The lowest BCUT2D eigenvalue weighted by atomic mass is 9.94. The Morgan fingerprint density at radius 2 is 2.28 bits per heavy atom. The number of thiophene rings is 1. The van der Waals surface area contributed by atoms with Crippen molar-refractivity contribution in [3.05, 3.63) is 20.8 Å². The zero-order valence-electron chi connectivity index (χ0n) is 13.8. The molecule has 4 heterocycles. The largest absolute Gasteiger partial charge is 0.480 e. The van der Waals surface area contributed by atoms with Gasteiger partial charge in [-0.1, -0.05) is 11.8 Å². The Labute approximate surface area is 150 Å². The lowest BCUT2D eigenvalue weighted by molar-refractivity contribution is -0.136. The van der Waals surface area contributed by atoms with Crippen LogP contribution in [0.3, 0.4) is 0 Å². The average Bonchev–Trinajstić information content (AvgIpc) is 3.08. The van der Waals surface area contributed by atoms with E-state index in [-0.39, 0.29) is 11.2 Å². The van der Waals surface area contributed by atoms with Crippen molar-refractivity contribution < 1.29 is 14.6 Å². The quantitative estimate of drug-likeness (QED) is 0.669. The molecule has 1 unspecified atom stereocenters. The van der Waals surface area contributed by atoms with Gasteiger partial charge in [-0.25, -0.2) is 14.5 Å². The molecule has 0 radical (unpaired) electrons. The van der Waals surface area contributed by atoms with Gasteiger partial charge in [0.25, 0.3) is 5.56 Å². The third-order valence-corrected chi connectivity index (χ3v) is 6.32. The number of rotatable bonds is 3. The number of carbonyl (C=O) groups is 1. The number of carboxylic acids is 1. The second-order valence-electron chi connectivity index (χ2n) is 6.59. The molecule has 2 N–H and O–H groups in total. The Morgan fingerprint density at radius 3 is 3.00 bits per heavy atom. The molecule has 0 aliphatic carbocycles. The lowest BCUT2D eigenvalue weighted by Crippen LogP contribution is -2.31. The summed E-state index contributed by atoms with van der Waals surface area (Å²) in [6.45, 7) is 6.02. The molecule has 3 aromatic rings. The first kappa shape index (κ1) is 16.6. The van der Waals surface area contributed by atoms with Gasteiger partial charge >= 0.3 is 5.97 Å². The van der Waals surface area contributed by atoms with Crippen LogP contribution in [0.15, 0.2) is 9.95 Å². The van der Waals surface area contributed by atoms with E-state index in [1.807, 2.05) is 13.8 Å². The van der Waals surface area contributed by atoms with Gasteiger partial charge in [-0.2, -0.15) is 0 Å². The number of nitrogens with zero attached hydrogens (tertiary/aromatic N) is 3. The molecule has 3 aromatic heterocycles. The van der Waals surface area contributed by atoms with Crippen molar-refractivity contribution in [3.8, 4) is 0 Å². The number of aliphatic carboxylic acids is 1. The number of hydrogen-bond donors (Lipinski definition) is 2. The van der Waals surface area contributed by atoms with Crippen LogP contribution < -0.4 is 5.56 Å². The Hall–Kier alpha value is -1.91. The molecule has 0 bridgehead atoms. The van der Waals surface area contributed by atoms with E-state index in [1.165, 1.54) is 15.7 Å². The Kier molecular flexibility index (Phi) is 3.67. The number of thioether (sulfide) groups is 1. The molecule has 0 aromatic carbocycles. The maximum atomic E-state index is 13.1. The predicted octanol–water partition coefficient (Wildman–Crippen LogP) is 2.05. The van der Waals surface area contributed by atoms with E-state index in [4.69, 9.17) is 9.84 Å². The number of aromatic nitrogens is 4. The van der Waals surface area contributed by atoms with Gasteiger partial charge in [0.15, 0.2) is 5.16 Å². The van der Waals surface area contributed by atoms with Crippen molar-refractivity contribution in [1.82, 2.24) is 19.6 Å². The standard InChI is InChI=1S/C15H16N4O4S2/c1-6(12(21)22)24-14-18-17-13-16-10-9(11(20)19(13)14)7-4-15(2,3)23-5-8(7)25-10/h6H,4-5H2,1-3H3,(H,16,17)(H,21,22). The molecule has 0 saturated carbocycles. The van der Waals surface area contributed by atoms with Crippen LogP contribution >= 0.6 is 23.1 Å². The summed E-state index contributed by atoms with van der Waals surface area (Å²) in [5, 5.41) is 16.1. The predicted molar refractivity (Wildman–Crippen MR) is 94.5 cm³/mol. The highest BCUT2D eigenvalue weighted by Crippen LogP contribution is 2.37. The van der Waals surface area contributed by atoms with Crippen molar-refractivity contribution in [1.29, 1.82) is 0 Å². The summed E-state index contributed by atoms with van der Waals surface area (Å²) in [4.78, 5) is 30.4. The number of nitrogens with one attached hydrogen (secondary N) is 1. The number of hydrogen-bond acceptors (Lipinski definition) is 7. The smallest absolute Gasteiger partial charge is 0.316 e. The Morgan fingerprint density at radius 1 is 1.52 bits per heavy atom. The molecule has 0 amide bonds. The number of H-pyrrole nitrogens is 1. The minimum absolute atomic E-state index is 0.218. The highest BCUT2D eigenvalue weighted by Gasteiger charge is 2.31. The summed E-state index contributed by atoms with van der Waals surface area (Å²) in [6, 6.07) is 0. The number of aromatic amines is 1. The van der Waals surface area contributed by atoms with E-state index < -0.39 is 11.2 Å². The summed E-state index contributed by atoms with van der Waals surface area (Å²) in [6.07, 6.45) is 0.636. The fraction of sp³-hybridized carbons (Fsp3) is 0.467. The molecule has 10 heteroatoms. The fourth-order valence-electron chi connectivity index (χ4n) is 2.88. The SMILES string of the molecule is CC(Sc1n[nH]c2nc3sc4c(c3c(=O)n12)CC(C)(C)OC4)C(=O)O. The van der Waals surface area contributed by atoms with Crippen molar-refractivity contribution in [3.63, 3.8) is 0 Å². The second-order valence-corrected chi connectivity index (χ2v) is 8.98. The molecule has 8 nitrogen and oxygen atoms in total. The van der Waals surface area contributed by atoms with Gasteiger partial charge in [-0.3, -0.25) is 9.59 Å². The van der Waals surface area contributed by atoms with E-state index in [0.29, 0.717) is 34.2 Å². The highest BCUT2D eigenvalue weighted by atomic mass is 32.2. The summed E-state index contributed by atoms with van der Waals surface area (Å²) < 4.78 is 7.19. The minimum atomic E-state index is -0.963. The molecule has 0 spiro atoms. The first-order valence-corrected chi connectivity index (χ1v) is 9.41. The molecule has 1 aliphatic heterocycles. The fourth-order valence-corrected chi connectivity index (χ4v) is 4.76. The summed E-state index contributed by atoms with van der Waals surface area (Å²) in [5.41, 5.74) is 0.425. The van der Waals surface area contributed by atoms with Crippen LogP contribution in [0.1, 0.15) is 31.2 Å². The lowest BCUT2D eigenvalue weighted by Gasteiger charge is -2.29. The average molecular weight is 380 g/mol. The molecule has 1 atom stereocenters. The van der Waals surface area contributed by atoms with E-state index in [2.05, 4.69) is 15.2 Å². The normalized spacial score (nSPS) is 17.7. The van der Waals surface area contributed by atoms with Crippen LogP contribution in [0.25, 0.3) is 16.0 Å². The van der Waals surface area contributed by atoms with Crippen LogP contribution in [0, 0.1) is 0 Å². The van der Waals surface area contributed by atoms with E-state index in [9.17, 15) is 9.59 Å². The molecular weight excluding hydrogens is 364 g/mol. The van der Waals surface area contributed by atoms with Gasteiger partial charge in [-0.15, -0.1) is 16.4 Å². The maximum absolute atomic E-state index is 13.1. The van der Waals surface area contributed by atoms with Crippen LogP contribution in [0.5, 0.6) is 0 Å². The Balaban J connectivity index is 1.94. The van der Waals surface area contributed by atoms with Gasteiger partial charge in [0, 0.05) is 11.3 Å². The molecule has 0 fully saturated rings. The van der Waals surface area contributed by atoms with E-state index in [0.717, 1.165) is 22.2 Å². The topological polar surface area (TPSA) is 110 Å². The third kappa shape index (κ3) is 2.64. The molecule has 4 rings (SSSR count). The number of ether oxygens (including phenoxy) is 1. The Bertz CT molecular complexity index is 1070. The monoisotopic (exact) mass is 380 g/mol. The van der Waals surface area contributed by atoms with Crippen LogP contribution in [0.2, 0.25) is 0 Å². The third-order valence-electron chi connectivity index (χ3n) is 4.18. The number of carboxylic acid groups (broad SMARTS) is 1. The second kappa shape index (κ2) is 5.55. The van der Waals surface area contributed by atoms with Gasteiger partial charge in [0.2, 0.25) is 5.78 Å². The van der Waals surface area contributed by atoms with E-state index >= 15 is 0 Å². The van der Waals surface area contributed by atoms with Gasteiger partial charge < -0.3 is 9.84 Å². The summed E-state index contributed by atoms with van der Waals surface area (Å²) >= 11 is 2.47.